The molecule has 1 aromatic carbocycles. The molecule has 2 heterocycles. The number of nitrogens with two attached hydrogens (primary N) is 1. The molecule has 5 nitrogen and oxygen atoms in total. The van der Waals surface area contributed by atoms with Crippen molar-refractivity contribution in [1.29, 1.82) is 0 Å². The average Bonchev–Trinajstić information content (AvgIpc) is 2.89. The number of thiophene rings is 1. The summed E-state index contributed by atoms with van der Waals surface area (Å²) in [5.41, 5.74) is 5.30. The van der Waals surface area contributed by atoms with Crippen molar-refractivity contribution in [2.45, 2.75) is 12.8 Å². The Hall–Kier alpha value is -2.08. The van der Waals surface area contributed by atoms with Crippen LogP contribution >= 0.6 is 11.3 Å². The number of nitrogens with one attached hydrogen (secondary N) is 1. The highest BCUT2D eigenvalue weighted by atomic mass is 32.1. The lowest BCUT2D eigenvalue weighted by molar-refractivity contribution is -0.122. The van der Waals surface area contributed by atoms with E-state index in [2.05, 4.69) is 5.32 Å². The Morgan fingerprint density at radius 3 is 2.62 bits per heavy atom. The maximum absolute atomic E-state index is 12.2. The third-order valence-electron chi connectivity index (χ3n) is 3.84. The molecule has 21 heavy (non-hydrogen) atoms. The fourth-order valence-corrected chi connectivity index (χ4v) is 3.55. The minimum absolute atomic E-state index is 0.0987. The van der Waals surface area contributed by atoms with Gasteiger partial charge in [0, 0.05) is 23.7 Å². The van der Waals surface area contributed by atoms with E-state index < -0.39 is 0 Å². The molecule has 0 saturated carbocycles. The quantitative estimate of drug-likeness (QED) is 0.895. The third-order valence-corrected chi connectivity index (χ3v) is 4.87. The first-order chi connectivity index (χ1) is 10.1. The van der Waals surface area contributed by atoms with E-state index in [-0.39, 0.29) is 17.9 Å². The van der Waals surface area contributed by atoms with Crippen LogP contribution in [0.5, 0.6) is 0 Å². The Kier molecular flexibility index (Phi) is 3.79. The molecule has 0 radical (unpaired) electrons. The molecular formula is C15H17N3O2S. The molecule has 1 fully saturated rings. The van der Waals surface area contributed by atoms with Gasteiger partial charge in [-0.15, -0.1) is 11.3 Å². The molecule has 0 bridgehead atoms. The van der Waals surface area contributed by atoms with E-state index in [1.165, 1.54) is 0 Å². The largest absolute Gasteiger partial charge is 0.369 e. The highest BCUT2D eigenvalue weighted by Gasteiger charge is 2.26. The van der Waals surface area contributed by atoms with Crippen LogP contribution in [0.3, 0.4) is 0 Å². The van der Waals surface area contributed by atoms with Crippen LogP contribution in [0.1, 0.15) is 12.8 Å². The van der Waals surface area contributed by atoms with E-state index in [4.69, 9.17) is 5.73 Å². The number of primary amides is 1. The van der Waals surface area contributed by atoms with E-state index in [1.807, 2.05) is 30.3 Å². The van der Waals surface area contributed by atoms with Crippen molar-refractivity contribution in [2.75, 3.05) is 18.4 Å². The molecule has 1 saturated heterocycles. The number of urea groups is 1. The van der Waals surface area contributed by atoms with Crippen molar-refractivity contribution in [2.24, 2.45) is 11.7 Å². The van der Waals surface area contributed by atoms with Gasteiger partial charge in [-0.25, -0.2) is 4.79 Å². The van der Waals surface area contributed by atoms with Crippen molar-refractivity contribution < 1.29 is 9.59 Å². The molecule has 1 aromatic heterocycles. The van der Waals surface area contributed by atoms with Gasteiger partial charge in [0.05, 0.1) is 5.00 Å². The van der Waals surface area contributed by atoms with Crippen LogP contribution < -0.4 is 11.1 Å². The summed E-state index contributed by atoms with van der Waals surface area (Å²) in [6.45, 7) is 1.15. The number of hydrogen-bond donors (Lipinski definition) is 2. The number of hydrogen-bond acceptors (Lipinski definition) is 3. The summed E-state index contributed by atoms with van der Waals surface area (Å²) in [6.07, 6.45) is 1.30. The molecule has 2 aromatic rings. The minimum atomic E-state index is -0.264. The van der Waals surface area contributed by atoms with Crippen molar-refractivity contribution >= 4 is 38.4 Å². The second-order valence-electron chi connectivity index (χ2n) is 5.24. The highest BCUT2D eigenvalue weighted by molar-refractivity contribution is 7.22. The van der Waals surface area contributed by atoms with Gasteiger partial charge < -0.3 is 10.6 Å². The minimum Gasteiger partial charge on any atom is -0.369 e. The molecule has 3 amide bonds. The number of piperidine rings is 1. The van der Waals surface area contributed by atoms with E-state index in [0.717, 1.165) is 15.1 Å². The maximum atomic E-state index is 12.2. The van der Waals surface area contributed by atoms with E-state index >= 15 is 0 Å². The Bertz CT molecular complexity index is 641. The Morgan fingerprint density at radius 1 is 1.24 bits per heavy atom. The second-order valence-corrected chi connectivity index (χ2v) is 6.33. The van der Waals surface area contributed by atoms with Gasteiger partial charge in [-0.2, -0.15) is 0 Å². The molecule has 3 N–H and O–H groups in total. The lowest BCUT2D eigenvalue weighted by Gasteiger charge is -2.30. The van der Waals surface area contributed by atoms with Crippen LogP contribution in [-0.4, -0.2) is 29.9 Å². The standard InChI is InChI=1S/C15H17N3O2S/c16-14(19)10-5-7-18(8-6-10)15(20)17-13-9-11-3-1-2-4-12(11)21-13/h1-4,9-10H,5-8H2,(H2,16,19)(H,17,20). The number of anilines is 1. The SMILES string of the molecule is NC(=O)C1CCN(C(=O)Nc2cc3ccccc3s2)CC1. The van der Waals surface area contributed by atoms with Crippen LogP contribution in [0.25, 0.3) is 10.1 Å². The summed E-state index contributed by atoms with van der Waals surface area (Å²) >= 11 is 1.56. The molecule has 3 rings (SSSR count). The first-order valence-electron chi connectivity index (χ1n) is 6.97. The maximum Gasteiger partial charge on any atom is 0.322 e. The topological polar surface area (TPSA) is 75.4 Å². The molecule has 1 aliphatic rings. The fourth-order valence-electron chi connectivity index (χ4n) is 2.60. The zero-order valence-corrected chi connectivity index (χ0v) is 12.4. The van der Waals surface area contributed by atoms with Gasteiger partial charge in [-0.1, -0.05) is 18.2 Å². The number of amides is 3. The highest BCUT2D eigenvalue weighted by Crippen LogP contribution is 2.29. The summed E-state index contributed by atoms with van der Waals surface area (Å²) in [6, 6.07) is 9.90. The van der Waals surface area contributed by atoms with E-state index in [1.54, 1.807) is 16.2 Å². The number of benzene rings is 1. The summed E-state index contributed by atoms with van der Waals surface area (Å²) in [5, 5.41) is 4.91. The van der Waals surface area contributed by atoms with Crippen LogP contribution in [0.2, 0.25) is 0 Å². The Morgan fingerprint density at radius 2 is 1.95 bits per heavy atom. The predicted octanol–water partition coefficient (Wildman–Crippen LogP) is 2.63. The molecule has 6 heteroatoms. The molecule has 110 valence electrons. The van der Waals surface area contributed by atoms with Crippen LogP contribution in [0.4, 0.5) is 9.80 Å². The second kappa shape index (κ2) is 5.73. The first kappa shape index (κ1) is 13.9. The van der Waals surface area contributed by atoms with E-state index in [9.17, 15) is 9.59 Å². The molecule has 1 aliphatic heterocycles. The fraction of sp³-hybridized carbons (Fsp3) is 0.333. The summed E-state index contributed by atoms with van der Waals surface area (Å²) < 4.78 is 1.15. The van der Waals surface area contributed by atoms with Gasteiger partial charge in [0.2, 0.25) is 5.91 Å². The van der Waals surface area contributed by atoms with Gasteiger partial charge in [-0.3, -0.25) is 10.1 Å². The third kappa shape index (κ3) is 3.00. The van der Waals surface area contributed by atoms with Crippen LogP contribution in [0, 0.1) is 5.92 Å². The van der Waals surface area contributed by atoms with Crippen molar-refractivity contribution in [3.63, 3.8) is 0 Å². The summed E-state index contributed by atoms with van der Waals surface area (Å²) in [7, 11) is 0. The average molecular weight is 303 g/mol. The Balaban J connectivity index is 1.63. The number of nitrogens with zero attached hydrogens (tertiary/aromatic N) is 1. The number of carbonyl (C=O) groups excluding carboxylic acids is 2. The van der Waals surface area contributed by atoms with Gasteiger partial charge in [0.1, 0.15) is 0 Å². The molecular weight excluding hydrogens is 286 g/mol. The van der Waals surface area contributed by atoms with Crippen LogP contribution in [-0.2, 0) is 4.79 Å². The number of rotatable bonds is 2. The van der Waals surface area contributed by atoms with Crippen molar-refractivity contribution in [3.8, 4) is 0 Å². The summed E-state index contributed by atoms with van der Waals surface area (Å²) in [4.78, 5) is 25.1. The van der Waals surface area contributed by atoms with Crippen molar-refractivity contribution in [3.05, 3.63) is 30.3 Å². The van der Waals surface area contributed by atoms with Gasteiger partial charge >= 0.3 is 6.03 Å². The first-order valence-corrected chi connectivity index (χ1v) is 7.79. The van der Waals surface area contributed by atoms with Gasteiger partial charge in [0.15, 0.2) is 0 Å². The number of fused-ring (bicyclic) bond motifs is 1. The molecule has 0 aliphatic carbocycles. The zero-order chi connectivity index (χ0) is 14.8. The molecule has 0 atom stereocenters. The lowest BCUT2D eigenvalue weighted by atomic mass is 9.96. The molecule has 0 spiro atoms. The lowest BCUT2D eigenvalue weighted by Crippen LogP contribution is -2.43. The summed E-state index contributed by atoms with van der Waals surface area (Å²) in [5.74, 6) is -0.363. The van der Waals surface area contributed by atoms with Crippen molar-refractivity contribution in [1.82, 2.24) is 4.90 Å². The van der Waals surface area contributed by atoms with Crippen LogP contribution in [0.15, 0.2) is 30.3 Å². The van der Waals surface area contributed by atoms with Gasteiger partial charge in [0.25, 0.3) is 0 Å². The van der Waals surface area contributed by atoms with E-state index in [0.29, 0.717) is 25.9 Å². The number of likely N-dealkylation sites (tertiary alicyclic amines) is 1. The number of carbonyl (C=O) groups is 2. The predicted molar refractivity (Wildman–Crippen MR) is 84.3 cm³/mol. The molecule has 0 unspecified atom stereocenters. The normalized spacial score (nSPS) is 16.1. The Labute approximate surface area is 126 Å². The van der Waals surface area contributed by atoms with Gasteiger partial charge in [-0.05, 0) is 30.4 Å². The zero-order valence-electron chi connectivity index (χ0n) is 11.5. The smallest absolute Gasteiger partial charge is 0.322 e. The monoisotopic (exact) mass is 303 g/mol.